The monoisotopic (exact) mass is 257 g/mol. The van der Waals surface area contributed by atoms with Crippen LogP contribution in [0.1, 0.15) is 6.42 Å². The van der Waals surface area contributed by atoms with Gasteiger partial charge in [0.25, 0.3) is 0 Å². The molecule has 0 aliphatic heterocycles. The van der Waals surface area contributed by atoms with E-state index in [-0.39, 0.29) is 5.84 Å². The molecule has 6 heteroatoms. The number of hydrogen-bond donors (Lipinski definition) is 2. The highest BCUT2D eigenvalue weighted by Gasteiger charge is 2.03. The summed E-state index contributed by atoms with van der Waals surface area (Å²) in [4.78, 5) is 10.1. The standard InChI is InChI=1S/C8H12BrN5/c1-14(3-2-7(10)11)8-12-4-6(9)5-13-8/h4-5H,2-3H2,1H3,(H3,10,11). The van der Waals surface area contributed by atoms with E-state index in [2.05, 4.69) is 25.9 Å². The van der Waals surface area contributed by atoms with E-state index in [0.29, 0.717) is 18.9 Å². The maximum atomic E-state index is 7.09. The minimum absolute atomic E-state index is 0.175. The van der Waals surface area contributed by atoms with Gasteiger partial charge in [0.2, 0.25) is 5.95 Å². The Morgan fingerprint density at radius 3 is 2.64 bits per heavy atom. The smallest absolute Gasteiger partial charge is 0.225 e. The zero-order chi connectivity index (χ0) is 10.6. The summed E-state index contributed by atoms with van der Waals surface area (Å²) < 4.78 is 0.848. The summed E-state index contributed by atoms with van der Waals surface area (Å²) in [6.45, 7) is 0.650. The predicted octanol–water partition coefficient (Wildman–Crippen LogP) is 1.00. The van der Waals surface area contributed by atoms with Crippen molar-refractivity contribution in [1.29, 1.82) is 5.41 Å². The second-order valence-corrected chi connectivity index (χ2v) is 3.81. The van der Waals surface area contributed by atoms with Crippen molar-refractivity contribution in [1.82, 2.24) is 9.97 Å². The summed E-state index contributed by atoms with van der Waals surface area (Å²) in [6.07, 6.45) is 3.90. The quantitative estimate of drug-likeness (QED) is 0.623. The van der Waals surface area contributed by atoms with Gasteiger partial charge >= 0.3 is 0 Å². The molecule has 1 aromatic heterocycles. The average molecular weight is 258 g/mol. The van der Waals surface area contributed by atoms with E-state index < -0.39 is 0 Å². The molecule has 1 aromatic rings. The summed E-state index contributed by atoms with van der Waals surface area (Å²) in [6, 6.07) is 0. The highest BCUT2D eigenvalue weighted by molar-refractivity contribution is 9.10. The molecule has 1 rings (SSSR count). The maximum Gasteiger partial charge on any atom is 0.225 e. The van der Waals surface area contributed by atoms with Gasteiger partial charge in [-0.15, -0.1) is 0 Å². The van der Waals surface area contributed by atoms with Crippen molar-refractivity contribution < 1.29 is 0 Å². The molecule has 0 amide bonds. The second-order valence-electron chi connectivity index (χ2n) is 2.90. The molecule has 0 aromatic carbocycles. The molecule has 14 heavy (non-hydrogen) atoms. The number of halogens is 1. The zero-order valence-electron chi connectivity index (χ0n) is 7.87. The van der Waals surface area contributed by atoms with E-state index in [1.54, 1.807) is 12.4 Å². The van der Waals surface area contributed by atoms with Crippen LogP contribution < -0.4 is 10.6 Å². The number of nitrogens with two attached hydrogens (primary N) is 1. The van der Waals surface area contributed by atoms with Crippen LogP contribution in [0.15, 0.2) is 16.9 Å². The highest BCUT2D eigenvalue weighted by Crippen LogP contribution is 2.09. The molecule has 0 aliphatic rings. The van der Waals surface area contributed by atoms with Gasteiger partial charge in [-0.3, -0.25) is 5.41 Å². The molecule has 76 valence electrons. The van der Waals surface area contributed by atoms with Crippen molar-refractivity contribution in [2.24, 2.45) is 5.73 Å². The van der Waals surface area contributed by atoms with Gasteiger partial charge in [-0.05, 0) is 15.9 Å². The van der Waals surface area contributed by atoms with Crippen LogP contribution in [0.4, 0.5) is 5.95 Å². The Morgan fingerprint density at radius 2 is 2.14 bits per heavy atom. The van der Waals surface area contributed by atoms with Crippen molar-refractivity contribution in [3.05, 3.63) is 16.9 Å². The van der Waals surface area contributed by atoms with E-state index in [4.69, 9.17) is 11.1 Å². The molecule has 0 bridgehead atoms. The topological polar surface area (TPSA) is 78.9 Å². The number of hydrogen-bond acceptors (Lipinski definition) is 4. The molecule has 1 heterocycles. The number of aromatic nitrogens is 2. The van der Waals surface area contributed by atoms with Crippen LogP contribution in [0.2, 0.25) is 0 Å². The first-order valence-corrected chi connectivity index (χ1v) is 4.90. The van der Waals surface area contributed by atoms with Crippen LogP contribution in [0.5, 0.6) is 0 Å². The van der Waals surface area contributed by atoms with E-state index in [1.807, 2.05) is 11.9 Å². The largest absolute Gasteiger partial charge is 0.388 e. The number of anilines is 1. The third-order valence-corrected chi connectivity index (χ3v) is 2.07. The minimum Gasteiger partial charge on any atom is -0.388 e. The van der Waals surface area contributed by atoms with E-state index in [9.17, 15) is 0 Å². The Morgan fingerprint density at radius 1 is 1.57 bits per heavy atom. The number of rotatable bonds is 4. The van der Waals surface area contributed by atoms with Gasteiger partial charge in [-0.1, -0.05) is 0 Å². The summed E-state index contributed by atoms with van der Waals surface area (Å²) in [7, 11) is 1.87. The zero-order valence-corrected chi connectivity index (χ0v) is 9.45. The maximum absolute atomic E-state index is 7.09. The van der Waals surface area contributed by atoms with E-state index in [0.717, 1.165) is 4.47 Å². The van der Waals surface area contributed by atoms with E-state index >= 15 is 0 Å². The van der Waals surface area contributed by atoms with Crippen LogP contribution in [0, 0.1) is 5.41 Å². The molecule has 0 aliphatic carbocycles. The van der Waals surface area contributed by atoms with Crippen LogP contribution >= 0.6 is 15.9 Å². The fraction of sp³-hybridized carbons (Fsp3) is 0.375. The van der Waals surface area contributed by atoms with Gasteiger partial charge in [0.1, 0.15) is 0 Å². The first-order chi connectivity index (χ1) is 6.59. The lowest BCUT2D eigenvalue weighted by molar-refractivity contribution is 0.861. The van der Waals surface area contributed by atoms with Crippen LogP contribution in [0.25, 0.3) is 0 Å². The van der Waals surface area contributed by atoms with Gasteiger partial charge in [0.15, 0.2) is 0 Å². The van der Waals surface area contributed by atoms with Crippen molar-refractivity contribution in [2.45, 2.75) is 6.42 Å². The Hall–Kier alpha value is -1.17. The Bertz CT molecular complexity index is 310. The third kappa shape index (κ3) is 3.29. The Balaban J connectivity index is 2.56. The normalized spacial score (nSPS) is 9.86. The SMILES string of the molecule is CN(CCC(=N)N)c1ncc(Br)cn1. The molecule has 0 fully saturated rings. The highest BCUT2D eigenvalue weighted by atomic mass is 79.9. The molecule has 0 saturated carbocycles. The summed E-state index contributed by atoms with van der Waals surface area (Å²) in [5.74, 6) is 0.809. The molecule has 0 saturated heterocycles. The molecule has 5 nitrogen and oxygen atoms in total. The minimum atomic E-state index is 0.175. The average Bonchev–Trinajstić information content (AvgIpc) is 2.15. The lowest BCUT2D eigenvalue weighted by Crippen LogP contribution is -2.25. The van der Waals surface area contributed by atoms with Crippen molar-refractivity contribution in [3.8, 4) is 0 Å². The molecule has 0 unspecified atom stereocenters. The molecular weight excluding hydrogens is 246 g/mol. The fourth-order valence-corrected chi connectivity index (χ4v) is 1.10. The van der Waals surface area contributed by atoms with Crippen LogP contribution in [0.3, 0.4) is 0 Å². The molecule has 0 radical (unpaired) electrons. The van der Waals surface area contributed by atoms with Crippen molar-refractivity contribution >= 4 is 27.7 Å². The first kappa shape index (κ1) is 10.9. The summed E-state index contributed by atoms with van der Waals surface area (Å²) in [5.41, 5.74) is 5.25. The summed E-state index contributed by atoms with van der Waals surface area (Å²) >= 11 is 3.26. The number of amidine groups is 1. The number of nitrogens with one attached hydrogen (secondary N) is 1. The van der Waals surface area contributed by atoms with Gasteiger partial charge < -0.3 is 10.6 Å². The second kappa shape index (κ2) is 4.90. The van der Waals surface area contributed by atoms with Gasteiger partial charge in [-0.2, -0.15) is 0 Å². The van der Waals surface area contributed by atoms with Crippen LogP contribution in [-0.2, 0) is 0 Å². The van der Waals surface area contributed by atoms with Gasteiger partial charge in [0.05, 0.1) is 10.3 Å². The predicted molar refractivity (Wildman–Crippen MR) is 59.5 cm³/mol. The first-order valence-electron chi connectivity index (χ1n) is 4.11. The third-order valence-electron chi connectivity index (χ3n) is 1.66. The Kier molecular flexibility index (Phi) is 3.82. The fourth-order valence-electron chi connectivity index (χ4n) is 0.891. The molecular formula is C8H12BrN5. The lowest BCUT2D eigenvalue weighted by atomic mass is 10.4. The van der Waals surface area contributed by atoms with Crippen molar-refractivity contribution in [3.63, 3.8) is 0 Å². The molecule has 0 atom stereocenters. The molecule has 0 spiro atoms. The van der Waals surface area contributed by atoms with Crippen LogP contribution in [-0.4, -0.2) is 29.4 Å². The lowest BCUT2D eigenvalue weighted by Gasteiger charge is -2.15. The Labute approximate surface area is 91.0 Å². The molecule has 3 N–H and O–H groups in total. The van der Waals surface area contributed by atoms with E-state index in [1.165, 1.54) is 0 Å². The number of nitrogens with zero attached hydrogens (tertiary/aromatic N) is 3. The summed E-state index contributed by atoms with van der Waals surface area (Å²) in [5, 5.41) is 7.09. The van der Waals surface area contributed by atoms with Gasteiger partial charge in [0, 0.05) is 32.4 Å². The van der Waals surface area contributed by atoms with Gasteiger partial charge in [-0.25, -0.2) is 9.97 Å². The van der Waals surface area contributed by atoms with Crippen molar-refractivity contribution in [2.75, 3.05) is 18.5 Å².